The highest BCUT2D eigenvalue weighted by Crippen LogP contribution is 2.20. The molecule has 170 valence electrons. The number of hydrogen-bond donors (Lipinski definition) is 2. The van der Waals surface area contributed by atoms with Gasteiger partial charge in [-0.05, 0) is 38.4 Å². The maximum atomic E-state index is 4.85. The highest BCUT2D eigenvalue weighted by molar-refractivity contribution is 14.0. The first-order valence-corrected chi connectivity index (χ1v) is 11.0. The van der Waals surface area contributed by atoms with Crippen LogP contribution in [0.2, 0.25) is 0 Å². The molecule has 1 aliphatic heterocycles. The molecule has 0 saturated carbocycles. The van der Waals surface area contributed by atoms with Gasteiger partial charge in [-0.2, -0.15) is 0 Å². The van der Waals surface area contributed by atoms with Crippen molar-refractivity contribution in [1.82, 2.24) is 20.5 Å². The number of anilines is 1. The van der Waals surface area contributed by atoms with Crippen LogP contribution in [0.3, 0.4) is 0 Å². The summed E-state index contributed by atoms with van der Waals surface area (Å²) in [5, 5.41) is 6.89. The highest BCUT2D eigenvalue weighted by Gasteiger charge is 2.18. The van der Waals surface area contributed by atoms with Crippen LogP contribution in [0, 0.1) is 6.92 Å². The lowest BCUT2D eigenvalue weighted by Crippen LogP contribution is -2.45. The minimum atomic E-state index is 0. The zero-order valence-corrected chi connectivity index (χ0v) is 21.6. The largest absolute Gasteiger partial charge is 0.357 e. The summed E-state index contributed by atoms with van der Waals surface area (Å²) in [6.45, 7) is 12.9. The van der Waals surface area contributed by atoms with Crippen molar-refractivity contribution in [2.75, 3.05) is 51.2 Å². The summed E-state index contributed by atoms with van der Waals surface area (Å²) in [5.41, 5.74) is 3.82. The molecule has 0 spiro atoms. The molecule has 0 amide bonds. The van der Waals surface area contributed by atoms with Crippen LogP contribution in [0.1, 0.15) is 36.5 Å². The third-order valence-electron chi connectivity index (χ3n) is 5.61. The van der Waals surface area contributed by atoms with Gasteiger partial charge in [-0.3, -0.25) is 0 Å². The maximum absolute atomic E-state index is 4.85. The zero-order chi connectivity index (χ0) is 21.3. The summed E-state index contributed by atoms with van der Waals surface area (Å²) < 4.78 is 0. The number of piperazine rings is 1. The van der Waals surface area contributed by atoms with E-state index in [1.165, 1.54) is 16.7 Å². The SMILES string of the molecule is CCNC(=NCc1cccnc1N1CCN(C)CC1)NCC(C)c1cccc(C)c1.I. The molecule has 0 aliphatic carbocycles. The van der Waals surface area contributed by atoms with Crippen molar-refractivity contribution in [3.05, 3.63) is 59.3 Å². The number of nitrogens with one attached hydrogen (secondary N) is 2. The third kappa shape index (κ3) is 7.64. The normalized spacial score (nSPS) is 15.9. The topological polar surface area (TPSA) is 55.8 Å². The Kier molecular flexibility index (Phi) is 10.5. The molecule has 0 bridgehead atoms. The quantitative estimate of drug-likeness (QED) is 0.322. The minimum Gasteiger partial charge on any atom is -0.357 e. The van der Waals surface area contributed by atoms with E-state index in [-0.39, 0.29) is 24.0 Å². The van der Waals surface area contributed by atoms with E-state index in [1.54, 1.807) is 0 Å². The average molecular weight is 537 g/mol. The van der Waals surface area contributed by atoms with E-state index >= 15 is 0 Å². The summed E-state index contributed by atoms with van der Waals surface area (Å²) in [4.78, 5) is 14.3. The molecule has 1 atom stereocenters. The van der Waals surface area contributed by atoms with Crippen molar-refractivity contribution < 1.29 is 0 Å². The summed E-state index contributed by atoms with van der Waals surface area (Å²) in [6.07, 6.45) is 1.88. The van der Waals surface area contributed by atoms with Gasteiger partial charge in [0.15, 0.2) is 5.96 Å². The van der Waals surface area contributed by atoms with Crippen LogP contribution in [0.4, 0.5) is 5.82 Å². The van der Waals surface area contributed by atoms with E-state index in [2.05, 4.69) is 83.6 Å². The summed E-state index contributed by atoms with van der Waals surface area (Å²) >= 11 is 0. The molecule has 1 saturated heterocycles. The van der Waals surface area contributed by atoms with Crippen molar-refractivity contribution >= 4 is 35.8 Å². The molecule has 3 rings (SSSR count). The minimum absolute atomic E-state index is 0. The molecule has 1 fully saturated rings. The van der Waals surface area contributed by atoms with Crippen LogP contribution >= 0.6 is 24.0 Å². The smallest absolute Gasteiger partial charge is 0.191 e. The van der Waals surface area contributed by atoms with E-state index in [1.807, 2.05) is 12.3 Å². The Bertz CT molecular complexity index is 832. The van der Waals surface area contributed by atoms with Crippen LogP contribution in [-0.2, 0) is 6.54 Å². The molecular formula is C24H37IN6. The predicted octanol–water partition coefficient (Wildman–Crippen LogP) is 3.62. The van der Waals surface area contributed by atoms with Crippen molar-refractivity contribution in [1.29, 1.82) is 0 Å². The van der Waals surface area contributed by atoms with Crippen molar-refractivity contribution in [2.45, 2.75) is 33.2 Å². The number of aryl methyl sites for hydroxylation is 1. The number of benzene rings is 1. The second kappa shape index (κ2) is 12.9. The molecule has 2 N–H and O–H groups in total. The Balaban J connectivity index is 0.00000341. The lowest BCUT2D eigenvalue weighted by atomic mass is 9.99. The van der Waals surface area contributed by atoms with E-state index < -0.39 is 0 Å². The summed E-state index contributed by atoms with van der Waals surface area (Å²) in [5.74, 6) is 2.33. The molecule has 1 aromatic carbocycles. The standard InChI is InChI=1S/C24H36N6.HI/c1-5-25-24(27-17-20(3)21-9-6-8-19(2)16-21)28-18-22-10-7-11-26-23(22)30-14-12-29(4)13-15-30;/h6-11,16,20H,5,12-15,17-18H2,1-4H3,(H2,25,27,28);1H. The molecule has 2 aromatic rings. The van der Waals surface area contributed by atoms with E-state index in [0.29, 0.717) is 12.5 Å². The lowest BCUT2D eigenvalue weighted by molar-refractivity contribution is 0.312. The van der Waals surface area contributed by atoms with Crippen LogP contribution in [-0.4, -0.2) is 62.2 Å². The first kappa shape index (κ1) is 25.4. The van der Waals surface area contributed by atoms with Crippen molar-refractivity contribution in [2.24, 2.45) is 4.99 Å². The first-order chi connectivity index (χ1) is 14.6. The fourth-order valence-corrected chi connectivity index (χ4v) is 3.71. The number of likely N-dealkylation sites (N-methyl/N-ethyl adjacent to an activating group) is 1. The van der Waals surface area contributed by atoms with Crippen LogP contribution in [0.5, 0.6) is 0 Å². The van der Waals surface area contributed by atoms with E-state index in [4.69, 9.17) is 4.99 Å². The fourth-order valence-electron chi connectivity index (χ4n) is 3.71. The second-order valence-electron chi connectivity index (χ2n) is 8.17. The highest BCUT2D eigenvalue weighted by atomic mass is 127. The molecular weight excluding hydrogens is 499 g/mol. The Hall–Kier alpha value is -1.87. The van der Waals surface area contributed by atoms with Crippen molar-refractivity contribution in [3.8, 4) is 0 Å². The number of halogens is 1. The monoisotopic (exact) mass is 536 g/mol. The first-order valence-electron chi connectivity index (χ1n) is 11.0. The molecule has 7 heteroatoms. The molecule has 1 aliphatic rings. The number of aliphatic imine (C=N–C) groups is 1. The van der Waals surface area contributed by atoms with Gasteiger partial charge in [0.1, 0.15) is 5.82 Å². The Morgan fingerprint density at radius 2 is 1.90 bits per heavy atom. The molecule has 1 unspecified atom stereocenters. The number of pyridine rings is 1. The molecule has 2 heterocycles. The average Bonchev–Trinajstić information content (AvgIpc) is 2.76. The third-order valence-corrected chi connectivity index (χ3v) is 5.61. The molecule has 31 heavy (non-hydrogen) atoms. The maximum Gasteiger partial charge on any atom is 0.191 e. The number of aromatic nitrogens is 1. The van der Waals surface area contributed by atoms with Gasteiger partial charge in [0, 0.05) is 51.0 Å². The molecule has 1 aromatic heterocycles. The Labute approximate surface area is 204 Å². The van der Waals surface area contributed by atoms with Gasteiger partial charge in [-0.25, -0.2) is 9.98 Å². The van der Waals surface area contributed by atoms with Gasteiger partial charge in [-0.15, -0.1) is 24.0 Å². The van der Waals surface area contributed by atoms with Gasteiger partial charge in [0.25, 0.3) is 0 Å². The van der Waals surface area contributed by atoms with Gasteiger partial charge < -0.3 is 20.4 Å². The lowest BCUT2D eigenvalue weighted by Gasteiger charge is -2.34. The Morgan fingerprint density at radius 3 is 2.61 bits per heavy atom. The summed E-state index contributed by atoms with van der Waals surface area (Å²) in [6, 6.07) is 12.9. The van der Waals surface area contributed by atoms with Crippen LogP contribution in [0.25, 0.3) is 0 Å². The number of nitrogens with zero attached hydrogens (tertiary/aromatic N) is 4. The van der Waals surface area contributed by atoms with Gasteiger partial charge in [-0.1, -0.05) is 42.8 Å². The van der Waals surface area contributed by atoms with E-state index in [0.717, 1.165) is 51.0 Å². The van der Waals surface area contributed by atoms with E-state index in [9.17, 15) is 0 Å². The number of hydrogen-bond acceptors (Lipinski definition) is 4. The van der Waals surface area contributed by atoms with Crippen LogP contribution in [0.15, 0.2) is 47.6 Å². The Morgan fingerprint density at radius 1 is 1.13 bits per heavy atom. The number of rotatable bonds is 7. The fraction of sp³-hybridized carbons (Fsp3) is 0.500. The zero-order valence-electron chi connectivity index (χ0n) is 19.3. The van der Waals surface area contributed by atoms with Gasteiger partial charge in [0.2, 0.25) is 0 Å². The summed E-state index contributed by atoms with van der Waals surface area (Å²) in [7, 11) is 2.17. The molecule has 6 nitrogen and oxygen atoms in total. The van der Waals surface area contributed by atoms with Gasteiger partial charge >= 0.3 is 0 Å². The van der Waals surface area contributed by atoms with Gasteiger partial charge in [0.05, 0.1) is 6.54 Å². The van der Waals surface area contributed by atoms with Crippen molar-refractivity contribution in [3.63, 3.8) is 0 Å². The number of guanidine groups is 1. The second-order valence-corrected chi connectivity index (χ2v) is 8.17. The molecule has 0 radical (unpaired) electrons. The van der Waals surface area contributed by atoms with Crippen LogP contribution < -0.4 is 15.5 Å². The predicted molar refractivity (Wildman–Crippen MR) is 142 cm³/mol.